The summed E-state index contributed by atoms with van der Waals surface area (Å²) in [5.41, 5.74) is 10.6. The van der Waals surface area contributed by atoms with Gasteiger partial charge in [0.15, 0.2) is 11.5 Å². The topological polar surface area (TPSA) is 127 Å². The summed E-state index contributed by atoms with van der Waals surface area (Å²) in [4.78, 5) is 33.5. The maximum absolute atomic E-state index is 12.5. The summed E-state index contributed by atoms with van der Waals surface area (Å²) in [7, 11) is 0. The number of nitrogens with two attached hydrogens (primary N) is 1. The number of amides is 1. The summed E-state index contributed by atoms with van der Waals surface area (Å²) in [6.45, 7) is 4.59. The zero-order valence-electron chi connectivity index (χ0n) is 17.3. The standard InChI is InChI=1S/C21H19ClN8OS/c1-10-18(32-11(2)28-10)21(31)24-6-15-5-12-3-14(22)4-13(16(12)29-15)7-30-9-27-17-19(23)25-8-26-20(17)30/h3-5,8-9,29H,6-7H2,1-2H3,(H,24,31)(H2,23,25,26). The van der Waals surface area contributed by atoms with E-state index in [0.29, 0.717) is 40.0 Å². The van der Waals surface area contributed by atoms with Crippen LogP contribution in [0.15, 0.2) is 30.9 Å². The van der Waals surface area contributed by atoms with Crippen LogP contribution in [0.5, 0.6) is 0 Å². The van der Waals surface area contributed by atoms with Gasteiger partial charge in [-0.25, -0.2) is 19.9 Å². The number of imidazole rings is 1. The Morgan fingerprint density at radius 1 is 1.25 bits per heavy atom. The summed E-state index contributed by atoms with van der Waals surface area (Å²) in [6.07, 6.45) is 3.11. The summed E-state index contributed by atoms with van der Waals surface area (Å²) in [5.74, 6) is 0.210. The smallest absolute Gasteiger partial charge is 0.263 e. The Kier molecular flexibility index (Phi) is 5.03. The first-order chi connectivity index (χ1) is 15.4. The number of benzene rings is 1. The molecule has 0 fully saturated rings. The molecule has 0 aliphatic rings. The average Bonchev–Trinajstić information content (AvgIpc) is 3.43. The van der Waals surface area contributed by atoms with Crippen molar-refractivity contribution in [2.45, 2.75) is 26.9 Å². The molecule has 0 bridgehead atoms. The fraction of sp³-hybridized carbons (Fsp3) is 0.190. The van der Waals surface area contributed by atoms with Crippen molar-refractivity contribution in [2.24, 2.45) is 0 Å². The molecule has 0 atom stereocenters. The number of nitrogen functional groups attached to an aromatic ring is 1. The second kappa shape index (κ2) is 7.88. The predicted octanol–water partition coefficient (Wildman–Crippen LogP) is 3.59. The molecule has 5 rings (SSSR count). The van der Waals surface area contributed by atoms with Gasteiger partial charge in [0, 0.05) is 16.1 Å². The number of hydrogen-bond acceptors (Lipinski definition) is 7. The van der Waals surface area contributed by atoms with Crippen LogP contribution in [0.25, 0.3) is 22.1 Å². The van der Waals surface area contributed by atoms with Gasteiger partial charge in [-0.1, -0.05) is 11.6 Å². The number of fused-ring (bicyclic) bond motifs is 2. The summed E-state index contributed by atoms with van der Waals surface area (Å²) in [5, 5.41) is 5.41. The zero-order valence-corrected chi connectivity index (χ0v) is 18.9. The van der Waals surface area contributed by atoms with Crippen LogP contribution in [0.1, 0.15) is 31.6 Å². The van der Waals surface area contributed by atoms with Crippen LogP contribution in [0.4, 0.5) is 5.82 Å². The molecule has 32 heavy (non-hydrogen) atoms. The second-order valence-electron chi connectivity index (χ2n) is 7.46. The second-order valence-corrected chi connectivity index (χ2v) is 9.10. The van der Waals surface area contributed by atoms with E-state index in [1.807, 2.05) is 36.6 Å². The number of hydrogen-bond donors (Lipinski definition) is 3. The number of carbonyl (C=O) groups excluding carboxylic acids is 1. The van der Waals surface area contributed by atoms with Gasteiger partial charge in [-0.15, -0.1) is 11.3 Å². The van der Waals surface area contributed by atoms with Gasteiger partial charge in [-0.3, -0.25) is 4.79 Å². The number of carbonyl (C=O) groups is 1. The van der Waals surface area contributed by atoms with Crippen molar-refractivity contribution < 1.29 is 4.79 Å². The normalized spacial score (nSPS) is 11.5. The largest absolute Gasteiger partial charge is 0.382 e. The number of anilines is 1. The van der Waals surface area contributed by atoms with Crippen LogP contribution in [0.2, 0.25) is 5.02 Å². The number of nitrogens with one attached hydrogen (secondary N) is 2. The van der Waals surface area contributed by atoms with E-state index in [-0.39, 0.29) is 5.91 Å². The molecule has 0 saturated heterocycles. The van der Waals surface area contributed by atoms with E-state index >= 15 is 0 Å². The highest BCUT2D eigenvalue weighted by molar-refractivity contribution is 7.13. The van der Waals surface area contributed by atoms with Crippen molar-refractivity contribution in [1.29, 1.82) is 0 Å². The molecule has 1 aromatic carbocycles. The van der Waals surface area contributed by atoms with Gasteiger partial charge in [0.05, 0.1) is 35.6 Å². The SMILES string of the molecule is Cc1nc(C)c(C(=O)NCc2cc3cc(Cl)cc(Cn4cnc5c(N)ncnc54)c3[nH]2)s1. The number of aromatic nitrogens is 6. The average molecular weight is 467 g/mol. The van der Waals surface area contributed by atoms with Crippen molar-refractivity contribution in [2.75, 3.05) is 5.73 Å². The number of nitrogens with zero attached hydrogens (tertiary/aromatic N) is 5. The maximum Gasteiger partial charge on any atom is 0.263 e. The molecule has 11 heteroatoms. The molecule has 0 unspecified atom stereocenters. The Labute approximate surface area is 191 Å². The summed E-state index contributed by atoms with van der Waals surface area (Å²) >= 11 is 7.78. The van der Waals surface area contributed by atoms with Crippen LogP contribution < -0.4 is 11.1 Å². The van der Waals surface area contributed by atoms with Crippen molar-refractivity contribution in [1.82, 2.24) is 34.8 Å². The first kappa shape index (κ1) is 20.4. The van der Waals surface area contributed by atoms with Crippen LogP contribution in [0, 0.1) is 13.8 Å². The molecule has 0 aliphatic carbocycles. The minimum atomic E-state index is -0.132. The highest BCUT2D eigenvalue weighted by Gasteiger charge is 2.15. The van der Waals surface area contributed by atoms with Crippen molar-refractivity contribution in [3.8, 4) is 0 Å². The minimum absolute atomic E-state index is 0.132. The van der Waals surface area contributed by atoms with Crippen molar-refractivity contribution >= 4 is 56.7 Å². The van der Waals surface area contributed by atoms with Crippen LogP contribution in [-0.2, 0) is 13.1 Å². The lowest BCUT2D eigenvalue weighted by Gasteiger charge is -2.07. The van der Waals surface area contributed by atoms with E-state index in [1.165, 1.54) is 17.7 Å². The van der Waals surface area contributed by atoms with Gasteiger partial charge in [-0.05, 0) is 37.6 Å². The number of rotatable bonds is 5. The zero-order chi connectivity index (χ0) is 22.4. The number of aromatic amines is 1. The molecule has 4 aromatic heterocycles. The fourth-order valence-electron chi connectivity index (χ4n) is 3.75. The van der Waals surface area contributed by atoms with E-state index in [1.54, 1.807) is 6.33 Å². The fourth-order valence-corrected chi connectivity index (χ4v) is 4.84. The lowest BCUT2D eigenvalue weighted by Crippen LogP contribution is -2.22. The number of thiazole rings is 1. The van der Waals surface area contributed by atoms with Crippen molar-refractivity contribution in [3.63, 3.8) is 0 Å². The predicted molar refractivity (Wildman–Crippen MR) is 125 cm³/mol. The van der Waals surface area contributed by atoms with Gasteiger partial charge < -0.3 is 20.6 Å². The monoisotopic (exact) mass is 466 g/mol. The molecule has 0 saturated carbocycles. The molecule has 5 aromatic rings. The quantitative estimate of drug-likeness (QED) is 0.363. The minimum Gasteiger partial charge on any atom is -0.382 e. The van der Waals surface area contributed by atoms with Gasteiger partial charge in [0.2, 0.25) is 0 Å². The van der Waals surface area contributed by atoms with Gasteiger partial charge >= 0.3 is 0 Å². The van der Waals surface area contributed by atoms with E-state index < -0.39 is 0 Å². The Balaban J connectivity index is 1.43. The molecule has 1 amide bonds. The molecule has 4 N–H and O–H groups in total. The Bertz CT molecular complexity index is 1480. The molecule has 0 spiro atoms. The first-order valence-corrected chi connectivity index (χ1v) is 11.0. The highest BCUT2D eigenvalue weighted by Crippen LogP contribution is 2.27. The third-order valence-corrected chi connectivity index (χ3v) is 6.44. The van der Waals surface area contributed by atoms with Crippen LogP contribution >= 0.6 is 22.9 Å². The van der Waals surface area contributed by atoms with E-state index in [2.05, 4.69) is 30.2 Å². The van der Waals surface area contributed by atoms with Gasteiger partial charge in [0.25, 0.3) is 5.91 Å². The van der Waals surface area contributed by atoms with Crippen molar-refractivity contribution in [3.05, 3.63) is 62.7 Å². The van der Waals surface area contributed by atoms with E-state index in [9.17, 15) is 4.79 Å². The molecule has 4 heterocycles. The number of halogens is 1. The Morgan fingerprint density at radius 2 is 2.09 bits per heavy atom. The van der Waals surface area contributed by atoms with Crippen LogP contribution in [0.3, 0.4) is 0 Å². The first-order valence-electron chi connectivity index (χ1n) is 9.82. The highest BCUT2D eigenvalue weighted by atomic mass is 35.5. The molecule has 0 radical (unpaired) electrons. The molecular formula is C21H19ClN8OS. The van der Waals surface area contributed by atoms with E-state index in [4.69, 9.17) is 17.3 Å². The maximum atomic E-state index is 12.5. The van der Waals surface area contributed by atoms with Gasteiger partial charge in [-0.2, -0.15) is 0 Å². The van der Waals surface area contributed by atoms with Crippen LogP contribution in [-0.4, -0.2) is 35.4 Å². The van der Waals surface area contributed by atoms with E-state index in [0.717, 1.165) is 32.9 Å². The summed E-state index contributed by atoms with van der Waals surface area (Å²) in [6, 6.07) is 5.79. The Morgan fingerprint density at radius 3 is 2.88 bits per heavy atom. The summed E-state index contributed by atoms with van der Waals surface area (Å²) < 4.78 is 1.90. The third-order valence-electron chi connectivity index (χ3n) is 5.15. The van der Waals surface area contributed by atoms with Gasteiger partial charge in [0.1, 0.15) is 16.7 Å². The lowest BCUT2D eigenvalue weighted by atomic mass is 10.1. The number of H-pyrrole nitrogens is 1. The number of aryl methyl sites for hydroxylation is 2. The molecule has 9 nitrogen and oxygen atoms in total. The molecule has 162 valence electrons. The molecule has 0 aliphatic heterocycles. The lowest BCUT2D eigenvalue weighted by molar-refractivity contribution is 0.0953. The molecular weight excluding hydrogens is 448 g/mol. The third kappa shape index (κ3) is 3.67. The Hall–Kier alpha value is -3.50.